The van der Waals surface area contributed by atoms with Crippen molar-refractivity contribution in [2.24, 2.45) is 0 Å². The largest absolute Gasteiger partial charge is 0.462 e. The van der Waals surface area contributed by atoms with Crippen molar-refractivity contribution in [2.45, 2.75) is 39.0 Å². The maximum Gasteiger partial charge on any atom is 0.341 e. The van der Waals surface area contributed by atoms with Crippen LogP contribution in [0.2, 0.25) is 0 Å². The van der Waals surface area contributed by atoms with Crippen LogP contribution in [0.25, 0.3) is 10.2 Å². The minimum Gasteiger partial charge on any atom is -0.462 e. The van der Waals surface area contributed by atoms with E-state index in [0.29, 0.717) is 17.0 Å². The quantitative estimate of drug-likeness (QED) is 0.510. The van der Waals surface area contributed by atoms with Gasteiger partial charge in [0.25, 0.3) is 5.91 Å². The summed E-state index contributed by atoms with van der Waals surface area (Å²) in [5.74, 6) is -1.36. The number of nitrogens with zero attached hydrogens (tertiary/aromatic N) is 1. The summed E-state index contributed by atoms with van der Waals surface area (Å²) in [5.41, 5.74) is 2.32. The summed E-state index contributed by atoms with van der Waals surface area (Å²) < 4.78 is 11.3. The number of fused-ring (bicyclic) bond motifs is 2. The van der Waals surface area contributed by atoms with E-state index in [0.717, 1.165) is 44.9 Å². The van der Waals surface area contributed by atoms with Gasteiger partial charge in [-0.3, -0.25) is 9.59 Å². The van der Waals surface area contributed by atoms with Crippen molar-refractivity contribution in [1.82, 2.24) is 4.98 Å². The van der Waals surface area contributed by atoms with Crippen LogP contribution in [-0.2, 0) is 38.3 Å². The molecule has 1 aromatic carbocycles. The number of nitrogens with one attached hydrogen (secondary N) is 1. The molecular formula is C22H22N2O5S2. The van der Waals surface area contributed by atoms with Crippen LogP contribution in [-0.4, -0.2) is 36.0 Å². The van der Waals surface area contributed by atoms with Crippen molar-refractivity contribution in [3.63, 3.8) is 0 Å². The van der Waals surface area contributed by atoms with E-state index in [-0.39, 0.29) is 13.0 Å². The second-order valence-corrected chi connectivity index (χ2v) is 9.29. The summed E-state index contributed by atoms with van der Waals surface area (Å²) >= 11 is 2.94. The second-order valence-electron chi connectivity index (χ2n) is 7.07. The highest BCUT2D eigenvalue weighted by molar-refractivity contribution is 7.18. The molecule has 2 aromatic heterocycles. The fraction of sp³-hybridized carbons (Fsp3) is 0.364. The summed E-state index contributed by atoms with van der Waals surface area (Å²) in [6.45, 7) is 1.61. The molecule has 162 valence electrons. The van der Waals surface area contributed by atoms with E-state index in [4.69, 9.17) is 9.47 Å². The third kappa shape index (κ3) is 4.94. The number of carbonyl (C=O) groups is 3. The van der Waals surface area contributed by atoms with Crippen molar-refractivity contribution in [1.29, 1.82) is 0 Å². The third-order valence-electron chi connectivity index (χ3n) is 4.90. The Morgan fingerprint density at radius 3 is 2.77 bits per heavy atom. The van der Waals surface area contributed by atoms with Gasteiger partial charge in [-0.2, -0.15) is 0 Å². The minimum absolute atomic E-state index is 0.147. The first-order chi connectivity index (χ1) is 15.0. The monoisotopic (exact) mass is 458 g/mol. The first-order valence-corrected chi connectivity index (χ1v) is 11.8. The summed E-state index contributed by atoms with van der Waals surface area (Å²) in [7, 11) is 0. The molecule has 3 aromatic rings. The molecule has 31 heavy (non-hydrogen) atoms. The maximum absolute atomic E-state index is 12.4. The molecule has 0 saturated carbocycles. The van der Waals surface area contributed by atoms with Crippen LogP contribution < -0.4 is 5.32 Å². The molecule has 4 rings (SSSR count). The number of hydrogen-bond acceptors (Lipinski definition) is 8. The summed E-state index contributed by atoms with van der Waals surface area (Å²) in [6.07, 6.45) is 3.30. The number of anilines is 1. The highest BCUT2D eigenvalue weighted by atomic mass is 32.1. The van der Waals surface area contributed by atoms with Gasteiger partial charge in [-0.1, -0.05) is 12.1 Å². The average molecular weight is 459 g/mol. The van der Waals surface area contributed by atoms with Gasteiger partial charge in [-0.15, -0.1) is 22.7 Å². The minimum atomic E-state index is -0.473. The van der Waals surface area contributed by atoms with Crippen molar-refractivity contribution < 1.29 is 23.9 Å². The first kappa shape index (κ1) is 21.5. The number of ether oxygens (including phenoxy) is 2. The molecule has 0 unspecified atom stereocenters. The Balaban J connectivity index is 1.30. The number of para-hydroxylation sites is 1. The number of amides is 1. The molecule has 7 nitrogen and oxygen atoms in total. The van der Waals surface area contributed by atoms with E-state index >= 15 is 0 Å². The second kappa shape index (κ2) is 9.57. The molecule has 9 heteroatoms. The van der Waals surface area contributed by atoms with Crippen LogP contribution in [0, 0.1) is 0 Å². The maximum atomic E-state index is 12.4. The normalized spacial score (nSPS) is 12.5. The van der Waals surface area contributed by atoms with Crippen LogP contribution in [0.5, 0.6) is 0 Å². The van der Waals surface area contributed by atoms with E-state index in [1.807, 2.05) is 24.3 Å². The Labute approximate surface area is 187 Å². The fourth-order valence-corrected chi connectivity index (χ4v) is 5.79. The molecule has 1 amide bonds. The highest BCUT2D eigenvalue weighted by Gasteiger charge is 2.28. The van der Waals surface area contributed by atoms with E-state index < -0.39 is 24.5 Å². The van der Waals surface area contributed by atoms with Gasteiger partial charge in [-0.25, -0.2) is 9.78 Å². The van der Waals surface area contributed by atoms with Crippen LogP contribution in [0.1, 0.15) is 45.6 Å². The zero-order valence-electron chi connectivity index (χ0n) is 17.1. The number of thiophene rings is 1. The lowest BCUT2D eigenvalue weighted by molar-refractivity contribution is -0.147. The number of carbonyl (C=O) groups excluding carboxylic acids is 3. The molecule has 0 fully saturated rings. The van der Waals surface area contributed by atoms with Crippen LogP contribution in [0.15, 0.2) is 24.3 Å². The predicted molar refractivity (Wildman–Crippen MR) is 120 cm³/mol. The smallest absolute Gasteiger partial charge is 0.341 e. The van der Waals surface area contributed by atoms with Gasteiger partial charge in [-0.05, 0) is 43.9 Å². The molecule has 0 radical (unpaired) electrons. The first-order valence-electron chi connectivity index (χ1n) is 10.2. The molecule has 1 aliphatic carbocycles. The van der Waals surface area contributed by atoms with Gasteiger partial charge in [0.2, 0.25) is 0 Å². The van der Waals surface area contributed by atoms with Gasteiger partial charge in [0.1, 0.15) is 5.00 Å². The van der Waals surface area contributed by atoms with Gasteiger partial charge < -0.3 is 14.8 Å². The topological polar surface area (TPSA) is 94.6 Å². The van der Waals surface area contributed by atoms with Crippen LogP contribution >= 0.6 is 22.7 Å². The Kier molecular flexibility index (Phi) is 6.62. The van der Waals surface area contributed by atoms with E-state index in [9.17, 15) is 14.4 Å². The molecular weight excluding hydrogens is 436 g/mol. The van der Waals surface area contributed by atoms with Crippen molar-refractivity contribution >= 4 is 55.7 Å². The lowest BCUT2D eigenvalue weighted by Crippen LogP contribution is -2.22. The van der Waals surface area contributed by atoms with Gasteiger partial charge in [0.15, 0.2) is 6.61 Å². The highest BCUT2D eigenvalue weighted by Crippen LogP contribution is 2.39. The molecule has 0 aliphatic heterocycles. The average Bonchev–Trinajstić information content (AvgIpc) is 3.44. The number of esters is 2. The summed E-state index contributed by atoms with van der Waals surface area (Å²) in [6, 6.07) is 7.80. The Hall–Kier alpha value is -2.78. The standard InChI is InChI=1S/C22H22N2O5S2/c1-2-28-22(27)20-13-6-5-9-15(13)31-21(20)24-17(25)12-29-19(26)11-10-18-23-14-7-3-4-8-16(14)30-18/h3-4,7-8H,2,5-6,9-12H2,1H3,(H,24,25). The summed E-state index contributed by atoms with van der Waals surface area (Å²) in [4.78, 5) is 42.3. The summed E-state index contributed by atoms with van der Waals surface area (Å²) in [5, 5.41) is 4.04. The van der Waals surface area contributed by atoms with Crippen molar-refractivity contribution in [3.8, 4) is 0 Å². The molecule has 1 N–H and O–H groups in total. The van der Waals surface area contributed by atoms with Gasteiger partial charge in [0.05, 0.1) is 33.8 Å². The number of aromatic nitrogens is 1. The molecule has 0 bridgehead atoms. The molecule has 2 heterocycles. The molecule has 0 spiro atoms. The number of rotatable bonds is 8. The van der Waals surface area contributed by atoms with E-state index in [1.165, 1.54) is 11.3 Å². The van der Waals surface area contributed by atoms with E-state index in [2.05, 4.69) is 10.3 Å². The lowest BCUT2D eigenvalue weighted by atomic mass is 10.1. The zero-order chi connectivity index (χ0) is 21.8. The lowest BCUT2D eigenvalue weighted by Gasteiger charge is -2.08. The van der Waals surface area contributed by atoms with Gasteiger partial charge in [0, 0.05) is 11.3 Å². The Bertz CT molecular complexity index is 1100. The third-order valence-corrected chi connectivity index (χ3v) is 7.20. The van der Waals surface area contributed by atoms with Crippen LogP contribution in [0.3, 0.4) is 0 Å². The SMILES string of the molecule is CCOC(=O)c1c(NC(=O)COC(=O)CCc2nc3ccccc3s2)sc2c1CCC2. The Morgan fingerprint density at radius 2 is 1.97 bits per heavy atom. The van der Waals surface area contributed by atoms with Crippen molar-refractivity contribution in [3.05, 3.63) is 45.3 Å². The molecule has 1 aliphatic rings. The fourth-order valence-electron chi connectivity index (χ4n) is 3.53. The molecule has 0 saturated heterocycles. The number of thiazole rings is 1. The predicted octanol–water partition coefficient (Wildman–Crippen LogP) is 4.14. The Morgan fingerprint density at radius 1 is 1.13 bits per heavy atom. The van der Waals surface area contributed by atoms with Crippen molar-refractivity contribution in [2.75, 3.05) is 18.5 Å². The van der Waals surface area contributed by atoms with Gasteiger partial charge >= 0.3 is 11.9 Å². The van der Waals surface area contributed by atoms with E-state index in [1.54, 1.807) is 18.3 Å². The number of hydrogen-bond donors (Lipinski definition) is 1. The number of benzene rings is 1. The number of aryl methyl sites for hydroxylation is 2. The van der Waals surface area contributed by atoms with Crippen LogP contribution in [0.4, 0.5) is 5.00 Å². The zero-order valence-corrected chi connectivity index (χ0v) is 18.7. The molecule has 0 atom stereocenters.